The quantitative estimate of drug-likeness (QED) is 0.748. The highest BCUT2D eigenvalue weighted by Gasteiger charge is 2.27. The molecule has 4 nitrogen and oxygen atoms in total. The first-order valence-corrected chi connectivity index (χ1v) is 9.49. The zero-order valence-electron chi connectivity index (χ0n) is 13.7. The normalized spacial score (nSPS) is 23.6. The number of fused-ring (bicyclic) bond motifs is 3. The summed E-state index contributed by atoms with van der Waals surface area (Å²) in [5.74, 6) is 1.65. The topological polar surface area (TPSA) is 50.9 Å². The van der Waals surface area contributed by atoms with E-state index < -0.39 is 6.10 Å². The maximum absolute atomic E-state index is 10.3. The Labute approximate surface area is 140 Å². The third-order valence-electron chi connectivity index (χ3n) is 5.28. The molecule has 122 valence electrons. The zero-order valence-corrected chi connectivity index (χ0v) is 14.5. The van der Waals surface area contributed by atoms with E-state index in [1.54, 1.807) is 11.3 Å². The Hall–Kier alpha value is -1.46. The molecule has 0 amide bonds. The van der Waals surface area contributed by atoms with Crippen molar-refractivity contribution in [1.29, 1.82) is 0 Å². The van der Waals surface area contributed by atoms with Gasteiger partial charge in [0.1, 0.15) is 17.4 Å². The van der Waals surface area contributed by atoms with Crippen molar-refractivity contribution in [2.75, 3.05) is 0 Å². The van der Waals surface area contributed by atoms with Crippen LogP contribution in [0.1, 0.15) is 63.9 Å². The minimum absolute atomic E-state index is 0.445. The number of aromatic nitrogens is 3. The van der Waals surface area contributed by atoms with E-state index in [2.05, 4.69) is 27.9 Å². The summed E-state index contributed by atoms with van der Waals surface area (Å²) >= 11 is 1.72. The number of aliphatic hydroxyl groups is 1. The maximum atomic E-state index is 10.3. The summed E-state index contributed by atoms with van der Waals surface area (Å²) in [5, 5.41) is 12.3. The van der Waals surface area contributed by atoms with Crippen molar-refractivity contribution in [3.05, 3.63) is 23.5 Å². The van der Waals surface area contributed by atoms with Gasteiger partial charge >= 0.3 is 0 Å². The van der Waals surface area contributed by atoms with Crippen LogP contribution in [0.15, 0.2) is 17.6 Å². The van der Waals surface area contributed by atoms with E-state index in [0.717, 1.165) is 22.8 Å². The molecule has 0 unspecified atom stereocenters. The summed E-state index contributed by atoms with van der Waals surface area (Å²) in [5.41, 5.74) is 3.11. The largest absolute Gasteiger partial charge is 0.385 e. The van der Waals surface area contributed by atoms with Gasteiger partial charge in [-0.2, -0.15) is 0 Å². The smallest absolute Gasteiger partial charge is 0.138 e. The van der Waals surface area contributed by atoms with E-state index in [1.807, 2.05) is 13.1 Å². The lowest BCUT2D eigenvalue weighted by molar-refractivity contribution is 0.174. The van der Waals surface area contributed by atoms with Crippen LogP contribution in [-0.4, -0.2) is 19.6 Å². The number of nitrogens with zero attached hydrogens (tertiary/aromatic N) is 3. The number of hydrogen-bond donors (Lipinski definition) is 1. The lowest BCUT2D eigenvalue weighted by Crippen LogP contribution is -2.20. The van der Waals surface area contributed by atoms with Crippen LogP contribution in [0.25, 0.3) is 21.3 Å². The molecule has 0 bridgehead atoms. The number of thiophene rings is 1. The zero-order chi connectivity index (χ0) is 16.0. The van der Waals surface area contributed by atoms with Gasteiger partial charge in [-0.1, -0.05) is 13.3 Å². The van der Waals surface area contributed by atoms with E-state index in [1.165, 1.54) is 42.3 Å². The number of pyridine rings is 1. The first-order chi connectivity index (χ1) is 11.2. The van der Waals surface area contributed by atoms with Gasteiger partial charge in [0.05, 0.1) is 21.9 Å². The molecule has 1 fully saturated rings. The average molecular weight is 329 g/mol. The predicted octanol–water partition coefficient (Wildman–Crippen LogP) is 4.84. The Morgan fingerprint density at radius 2 is 2.09 bits per heavy atom. The highest BCUT2D eigenvalue weighted by atomic mass is 32.1. The molecule has 1 N–H and O–H groups in total. The second-order valence-electron chi connectivity index (χ2n) is 6.73. The number of aliphatic hydroxyl groups excluding tert-OH is 1. The first-order valence-electron chi connectivity index (χ1n) is 8.61. The SMILES string of the molecule is CCC1CCC(n2c([C@@H](C)O)nc3cnc4ccsc4c32)CC1. The van der Waals surface area contributed by atoms with Gasteiger partial charge in [-0.15, -0.1) is 11.3 Å². The molecule has 23 heavy (non-hydrogen) atoms. The molecular formula is C18H23N3OS. The fourth-order valence-electron chi connectivity index (χ4n) is 3.97. The van der Waals surface area contributed by atoms with E-state index in [0.29, 0.717) is 6.04 Å². The molecule has 0 saturated heterocycles. The van der Waals surface area contributed by atoms with Gasteiger partial charge in [0.2, 0.25) is 0 Å². The fourth-order valence-corrected chi connectivity index (χ4v) is 4.86. The highest BCUT2D eigenvalue weighted by molar-refractivity contribution is 7.18. The molecule has 1 aliphatic rings. The highest BCUT2D eigenvalue weighted by Crippen LogP contribution is 2.39. The second-order valence-corrected chi connectivity index (χ2v) is 7.64. The lowest BCUT2D eigenvalue weighted by Gasteiger charge is -2.30. The summed E-state index contributed by atoms with van der Waals surface area (Å²) in [6.45, 7) is 4.11. The molecule has 3 heterocycles. The predicted molar refractivity (Wildman–Crippen MR) is 94.8 cm³/mol. The van der Waals surface area contributed by atoms with E-state index in [9.17, 15) is 5.11 Å². The van der Waals surface area contributed by atoms with Crippen LogP contribution >= 0.6 is 11.3 Å². The summed E-state index contributed by atoms with van der Waals surface area (Å²) < 4.78 is 3.52. The minimum atomic E-state index is -0.554. The Morgan fingerprint density at radius 1 is 1.30 bits per heavy atom. The molecule has 3 aromatic heterocycles. The van der Waals surface area contributed by atoms with Gasteiger partial charge in [0, 0.05) is 6.04 Å². The Bertz CT molecular complexity index is 827. The monoisotopic (exact) mass is 329 g/mol. The molecule has 3 aromatic rings. The molecular weight excluding hydrogens is 306 g/mol. The van der Waals surface area contributed by atoms with Gasteiger partial charge in [0.15, 0.2) is 0 Å². The average Bonchev–Trinajstić information content (AvgIpc) is 3.18. The number of hydrogen-bond acceptors (Lipinski definition) is 4. The number of rotatable bonds is 3. The molecule has 1 atom stereocenters. The summed E-state index contributed by atoms with van der Waals surface area (Å²) in [6.07, 6.45) is 7.49. The summed E-state index contributed by atoms with van der Waals surface area (Å²) in [7, 11) is 0. The standard InChI is InChI=1S/C18H23N3OS/c1-3-12-4-6-13(7-5-12)21-16-15(20-18(21)11(2)22)10-19-14-8-9-23-17(14)16/h8-13,22H,3-7H2,1-2H3/t11-,12?,13?/m1/s1. The molecule has 0 radical (unpaired) electrons. The van der Waals surface area contributed by atoms with Crippen molar-refractivity contribution in [2.24, 2.45) is 5.92 Å². The minimum Gasteiger partial charge on any atom is -0.385 e. The second kappa shape index (κ2) is 5.87. The molecule has 0 spiro atoms. The van der Waals surface area contributed by atoms with Crippen molar-refractivity contribution in [2.45, 2.75) is 58.1 Å². The van der Waals surface area contributed by atoms with Crippen LogP contribution in [0.3, 0.4) is 0 Å². The van der Waals surface area contributed by atoms with Crippen LogP contribution in [0.4, 0.5) is 0 Å². The first kappa shape index (κ1) is 15.1. The molecule has 1 aliphatic carbocycles. The fraction of sp³-hybridized carbons (Fsp3) is 0.556. The molecule has 0 aromatic carbocycles. The van der Waals surface area contributed by atoms with Crippen molar-refractivity contribution in [3.8, 4) is 0 Å². The van der Waals surface area contributed by atoms with Crippen LogP contribution in [0, 0.1) is 5.92 Å². The van der Waals surface area contributed by atoms with Crippen molar-refractivity contribution >= 4 is 32.6 Å². The maximum Gasteiger partial charge on any atom is 0.138 e. The Balaban J connectivity index is 1.88. The Morgan fingerprint density at radius 3 is 2.78 bits per heavy atom. The molecule has 0 aliphatic heterocycles. The van der Waals surface area contributed by atoms with Crippen LogP contribution < -0.4 is 0 Å². The van der Waals surface area contributed by atoms with E-state index >= 15 is 0 Å². The summed E-state index contributed by atoms with van der Waals surface area (Å²) in [6, 6.07) is 2.51. The van der Waals surface area contributed by atoms with Crippen LogP contribution in [-0.2, 0) is 0 Å². The van der Waals surface area contributed by atoms with Crippen LogP contribution in [0.2, 0.25) is 0 Å². The summed E-state index contributed by atoms with van der Waals surface area (Å²) in [4.78, 5) is 9.22. The molecule has 1 saturated carbocycles. The molecule has 4 rings (SSSR count). The van der Waals surface area contributed by atoms with Gasteiger partial charge in [-0.25, -0.2) is 4.98 Å². The van der Waals surface area contributed by atoms with Crippen molar-refractivity contribution < 1.29 is 5.11 Å². The van der Waals surface area contributed by atoms with Crippen LogP contribution in [0.5, 0.6) is 0 Å². The number of imidazole rings is 1. The van der Waals surface area contributed by atoms with Crippen molar-refractivity contribution in [1.82, 2.24) is 14.5 Å². The van der Waals surface area contributed by atoms with Gasteiger partial charge in [-0.3, -0.25) is 4.98 Å². The van der Waals surface area contributed by atoms with E-state index in [4.69, 9.17) is 4.98 Å². The van der Waals surface area contributed by atoms with E-state index in [-0.39, 0.29) is 0 Å². The lowest BCUT2D eigenvalue weighted by atomic mass is 9.84. The Kier molecular flexibility index (Phi) is 3.85. The van der Waals surface area contributed by atoms with Gasteiger partial charge in [-0.05, 0) is 50.0 Å². The van der Waals surface area contributed by atoms with Gasteiger partial charge < -0.3 is 9.67 Å². The third-order valence-corrected chi connectivity index (χ3v) is 6.19. The van der Waals surface area contributed by atoms with Gasteiger partial charge in [0.25, 0.3) is 0 Å². The molecule has 5 heteroatoms. The van der Waals surface area contributed by atoms with Crippen molar-refractivity contribution in [3.63, 3.8) is 0 Å². The third kappa shape index (κ3) is 2.46.